The summed E-state index contributed by atoms with van der Waals surface area (Å²) in [6.07, 6.45) is 0. The van der Waals surface area contributed by atoms with E-state index in [2.05, 4.69) is 55.6 Å². The Morgan fingerprint density at radius 1 is 0.895 bits per heavy atom. The maximum atomic E-state index is 11.0. The van der Waals surface area contributed by atoms with E-state index in [0.717, 1.165) is 5.69 Å². The molecule has 2 heteroatoms. The maximum absolute atomic E-state index is 11.0. The van der Waals surface area contributed by atoms with Crippen LogP contribution in [0, 0.1) is 0 Å². The molecule has 0 saturated heterocycles. The summed E-state index contributed by atoms with van der Waals surface area (Å²) in [5.74, 6) is -0.0462. The first-order chi connectivity index (χ1) is 9.00. The van der Waals surface area contributed by atoms with Gasteiger partial charge in [-0.05, 0) is 23.3 Å². The molecule has 0 radical (unpaired) electrons. The topological polar surface area (TPSA) is 29.1 Å². The smallest absolute Gasteiger partial charge is 0.221 e. The first-order valence-electron chi connectivity index (χ1n) is 6.44. The highest BCUT2D eigenvalue weighted by Crippen LogP contribution is 2.31. The monoisotopic (exact) mass is 253 g/mol. The fourth-order valence-electron chi connectivity index (χ4n) is 2.19. The Labute approximate surface area is 114 Å². The molecule has 0 saturated carbocycles. The van der Waals surface area contributed by atoms with E-state index in [1.165, 1.54) is 18.1 Å². The van der Waals surface area contributed by atoms with Crippen molar-refractivity contribution in [1.82, 2.24) is 0 Å². The zero-order chi connectivity index (χ0) is 13.9. The summed E-state index contributed by atoms with van der Waals surface area (Å²) >= 11 is 0. The summed E-state index contributed by atoms with van der Waals surface area (Å²) in [6.45, 7) is 5.92. The molecule has 98 valence electrons. The third kappa shape index (κ3) is 3.02. The van der Waals surface area contributed by atoms with Crippen LogP contribution in [0.4, 0.5) is 5.69 Å². The van der Waals surface area contributed by atoms with Crippen LogP contribution in [0.25, 0.3) is 0 Å². The minimum atomic E-state index is -0.0462. The van der Waals surface area contributed by atoms with Crippen molar-refractivity contribution in [2.45, 2.75) is 26.2 Å². The van der Waals surface area contributed by atoms with Crippen LogP contribution in [0.2, 0.25) is 0 Å². The summed E-state index contributed by atoms with van der Waals surface area (Å²) in [4.78, 5) is 11.0. The molecule has 0 heterocycles. The SMILES string of the molecule is CC(=O)Nc1ccc(C(C)(C)c2ccccc2)cc1. The van der Waals surface area contributed by atoms with Gasteiger partial charge in [-0.15, -0.1) is 0 Å². The Balaban J connectivity index is 2.29. The fraction of sp³-hybridized carbons (Fsp3) is 0.235. The predicted octanol–water partition coefficient (Wildman–Crippen LogP) is 3.97. The second kappa shape index (κ2) is 5.27. The van der Waals surface area contributed by atoms with Gasteiger partial charge in [-0.25, -0.2) is 0 Å². The standard InChI is InChI=1S/C17H19NO/c1-13(19)18-16-11-9-15(10-12-16)17(2,3)14-7-5-4-6-8-14/h4-12H,1-3H3,(H,18,19). The molecular formula is C17H19NO. The van der Waals surface area contributed by atoms with Crippen LogP contribution in [0.3, 0.4) is 0 Å². The molecule has 2 nitrogen and oxygen atoms in total. The molecule has 0 spiro atoms. The first-order valence-corrected chi connectivity index (χ1v) is 6.44. The summed E-state index contributed by atoms with van der Waals surface area (Å²) in [7, 11) is 0. The Hall–Kier alpha value is -2.09. The molecule has 0 aliphatic heterocycles. The van der Waals surface area contributed by atoms with Crippen molar-refractivity contribution in [2.24, 2.45) is 0 Å². The van der Waals surface area contributed by atoms with Crippen molar-refractivity contribution in [3.8, 4) is 0 Å². The van der Waals surface area contributed by atoms with Crippen LogP contribution < -0.4 is 5.32 Å². The van der Waals surface area contributed by atoms with Gasteiger partial charge in [0.2, 0.25) is 5.91 Å². The molecule has 2 aromatic carbocycles. The molecule has 0 unspecified atom stereocenters. The fourth-order valence-corrected chi connectivity index (χ4v) is 2.19. The summed E-state index contributed by atoms with van der Waals surface area (Å²) in [5, 5.41) is 2.78. The summed E-state index contributed by atoms with van der Waals surface area (Å²) in [6, 6.07) is 18.5. The number of anilines is 1. The number of hydrogen-bond acceptors (Lipinski definition) is 1. The van der Waals surface area contributed by atoms with E-state index in [9.17, 15) is 4.79 Å². The van der Waals surface area contributed by atoms with Gasteiger partial charge in [0, 0.05) is 18.0 Å². The highest BCUT2D eigenvalue weighted by atomic mass is 16.1. The zero-order valence-corrected chi connectivity index (χ0v) is 11.6. The normalized spacial score (nSPS) is 11.1. The quantitative estimate of drug-likeness (QED) is 0.881. The molecular weight excluding hydrogens is 234 g/mol. The molecule has 2 aromatic rings. The van der Waals surface area contributed by atoms with Crippen LogP contribution in [0.15, 0.2) is 54.6 Å². The average molecular weight is 253 g/mol. The van der Waals surface area contributed by atoms with Gasteiger partial charge in [0.05, 0.1) is 0 Å². The molecule has 1 N–H and O–H groups in total. The van der Waals surface area contributed by atoms with Crippen LogP contribution in [-0.4, -0.2) is 5.91 Å². The van der Waals surface area contributed by atoms with Crippen molar-refractivity contribution in [2.75, 3.05) is 5.32 Å². The van der Waals surface area contributed by atoms with E-state index in [-0.39, 0.29) is 11.3 Å². The lowest BCUT2D eigenvalue weighted by atomic mass is 9.78. The Kier molecular flexibility index (Phi) is 3.70. The summed E-state index contributed by atoms with van der Waals surface area (Å²) in [5.41, 5.74) is 3.30. The number of hydrogen-bond donors (Lipinski definition) is 1. The minimum absolute atomic E-state index is 0.0456. The van der Waals surface area contributed by atoms with Crippen molar-refractivity contribution >= 4 is 11.6 Å². The van der Waals surface area contributed by atoms with Crippen molar-refractivity contribution in [3.63, 3.8) is 0 Å². The lowest BCUT2D eigenvalue weighted by Gasteiger charge is -2.26. The van der Waals surface area contributed by atoms with Gasteiger partial charge in [0.25, 0.3) is 0 Å². The van der Waals surface area contributed by atoms with Crippen LogP contribution in [0.1, 0.15) is 31.9 Å². The van der Waals surface area contributed by atoms with E-state index in [4.69, 9.17) is 0 Å². The molecule has 0 aliphatic carbocycles. The molecule has 0 aromatic heterocycles. The minimum Gasteiger partial charge on any atom is -0.326 e. The zero-order valence-electron chi connectivity index (χ0n) is 11.6. The number of benzene rings is 2. The Bertz CT molecular complexity index is 556. The van der Waals surface area contributed by atoms with Crippen molar-refractivity contribution in [1.29, 1.82) is 0 Å². The van der Waals surface area contributed by atoms with Gasteiger partial charge in [-0.1, -0.05) is 56.3 Å². The second-order valence-corrected chi connectivity index (χ2v) is 5.25. The number of nitrogens with one attached hydrogen (secondary N) is 1. The molecule has 0 bridgehead atoms. The van der Waals surface area contributed by atoms with Gasteiger partial charge >= 0.3 is 0 Å². The highest BCUT2D eigenvalue weighted by molar-refractivity contribution is 5.88. The number of carbonyl (C=O) groups is 1. The lowest BCUT2D eigenvalue weighted by Crippen LogP contribution is -2.18. The van der Waals surface area contributed by atoms with Gasteiger partial charge in [-0.2, -0.15) is 0 Å². The van der Waals surface area contributed by atoms with E-state index in [1.807, 2.05) is 18.2 Å². The molecule has 19 heavy (non-hydrogen) atoms. The van der Waals surface area contributed by atoms with E-state index < -0.39 is 0 Å². The third-order valence-electron chi connectivity index (χ3n) is 3.42. The first kappa shape index (κ1) is 13.3. The third-order valence-corrected chi connectivity index (χ3v) is 3.42. The Morgan fingerprint density at radius 3 is 1.95 bits per heavy atom. The predicted molar refractivity (Wildman–Crippen MR) is 79.3 cm³/mol. The van der Waals surface area contributed by atoms with Crippen LogP contribution >= 0.6 is 0 Å². The van der Waals surface area contributed by atoms with E-state index >= 15 is 0 Å². The van der Waals surface area contributed by atoms with Crippen molar-refractivity contribution in [3.05, 3.63) is 65.7 Å². The Morgan fingerprint density at radius 2 is 1.42 bits per heavy atom. The largest absolute Gasteiger partial charge is 0.326 e. The van der Waals surface area contributed by atoms with Crippen LogP contribution in [0.5, 0.6) is 0 Å². The van der Waals surface area contributed by atoms with Gasteiger partial charge < -0.3 is 5.32 Å². The molecule has 0 aliphatic rings. The number of carbonyl (C=O) groups excluding carboxylic acids is 1. The molecule has 0 fully saturated rings. The number of rotatable bonds is 3. The number of amides is 1. The van der Waals surface area contributed by atoms with E-state index in [1.54, 1.807) is 0 Å². The summed E-state index contributed by atoms with van der Waals surface area (Å²) < 4.78 is 0. The van der Waals surface area contributed by atoms with Gasteiger partial charge in [0.1, 0.15) is 0 Å². The molecule has 2 rings (SSSR count). The van der Waals surface area contributed by atoms with Crippen molar-refractivity contribution < 1.29 is 4.79 Å². The highest BCUT2D eigenvalue weighted by Gasteiger charge is 2.22. The second-order valence-electron chi connectivity index (χ2n) is 5.25. The van der Waals surface area contributed by atoms with Crippen LogP contribution in [-0.2, 0) is 10.2 Å². The van der Waals surface area contributed by atoms with Gasteiger partial charge in [-0.3, -0.25) is 4.79 Å². The maximum Gasteiger partial charge on any atom is 0.221 e. The van der Waals surface area contributed by atoms with Gasteiger partial charge in [0.15, 0.2) is 0 Å². The average Bonchev–Trinajstić information content (AvgIpc) is 2.40. The van der Waals surface area contributed by atoms with E-state index in [0.29, 0.717) is 0 Å². The molecule has 1 amide bonds. The molecule has 0 atom stereocenters. The lowest BCUT2D eigenvalue weighted by molar-refractivity contribution is -0.114.